The van der Waals surface area contributed by atoms with Crippen molar-refractivity contribution in [3.05, 3.63) is 64.7 Å². The summed E-state index contributed by atoms with van der Waals surface area (Å²) in [7, 11) is -3.79. The number of benzene rings is 2. The maximum absolute atomic E-state index is 13.0. The molecule has 1 aromatic heterocycles. The third-order valence-electron chi connectivity index (χ3n) is 4.91. The van der Waals surface area contributed by atoms with Crippen LogP contribution in [0.1, 0.15) is 15.9 Å². The number of piperazine rings is 1. The predicted octanol–water partition coefficient (Wildman–Crippen LogP) is 3.26. The number of hydrogen-bond donors (Lipinski definition) is 1. The van der Waals surface area contributed by atoms with E-state index in [1.807, 2.05) is 37.3 Å². The van der Waals surface area contributed by atoms with Gasteiger partial charge in [0.25, 0.3) is 15.9 Å². The second-order valence-electron chi connectivity index (χ2n) is 7.06. The summed E-state index contributed by atoms with van der Waals surface area (Å²) in [4.78, 5) is 14.4. The molecule has 4 rings (SSSR count). The zero-order valence-electron chi connectivity index (χ0n) is 16.7. The highest BCUT2D eigenvalue weighted by Crippen LogP contribution is 2.26. The van der Waals surface area contributed by atoms with Crippen LogP contribution in [0.25, 0.3) is 0 Å². The van der Waals surface area contributed by atoms with E-state index in [1.54, 1.807) is 18.2 Å². The summed E-state index contributed by atoms with van der Waals surface area (Å²) in [6.07, 6.45) is 0. The molecular formula is C20H20ClN5O3S2. The number of nitrogens with one attached hydrogen (secondary N) is 1. The van der Waals surface area contributed by atoms with Gasteiger partial charge in [0.1, 0.15) is 0 Å². The molecular weight excluding hydrogens is 458 g/mol. The SMILES string of the molecule is Cc1ccc(C(=O)Nc2nnc(S(=O)(=O)N3CCN(c4cccc(Cl)c4)CC3)s2)cc1. The number of carbonyl (C=O) groups is 1. The summed E-state index contributed by atoms with van der Waals surface area (Å²) in [5, 5.41) is 11.0. The summed E-state index contributed by atoms with van der Waals surface area (Å²) >= 11 is 6.90. The first-order valence-electron chi connectivity index (χ1n) is 9.55. The summed E-state index contributed by atoms with van der Waals surface area (Å²) in [5.41, 5.74) is 2.46. The van der Waals surface area contributed by atoms with Gasteiger partial charge in [0.15, 0.2) is 0 Å². The lowest BCUT2D eigenvalue weighted by Gasteiger charge is -2.34. The first-order chi connectivity index (χ1) is 14.8. The summed E-state index contributed by atoms with van der Waals surface area (Å²) in [6.45, 7) is 3.64. The van der Waals surface area contributed by atoms with Crippen LogP contribution in [0.2, 0.25) is 5.02 Å². The lowest BCUT2D eigenvalue weighted by molar-refractivity contribution is 0.102. The molecule has 8 nitrogen and oxygen atoms in total. The number of anilines is 2. The standard InChI is InChI=1S/C20H20ClN5O3S2/c1-14-5-7-15(8-6-14)18(27)22-19-23-24-20(30-19)31(28,29)26-11-9-25(10-12-26)17-4-2-3-16(21)13-17/h2-8,13H,9-12H2,1H3,(H,22,23,27). The Morgan fingerprint density at radius 3 is 2.45 bits per heavy atom. The maximum Gasteiger partial charge on any atom is 0.272 e. The Labute approximate surface area is 189 Å². The minimum atomic E-state index is -3.79. The van der Waals surface area contributed by atoms with E-state index in [1.165, 1.54) is 4.31 Å². The van der Waals surface area contributed by atoms with Crippen molar-refractivity contribution in [1.29, 1.82) is 0 Å². The Balaban J connectivity index is 1.41. The second kappa shape index (κ2) is 8.91. The van der Waals surface area contributed by atoms with E-state index in [2.05, 4.69) is 20.4 Å². The highest BCUT2D eigenvalue weighted by atomic mass is 35.5. The highest BCUT2D eigenvalue weighted by molar-refractivity contribution is 7.91. The van der Waals surface area contributed by atoms with Crippen molar-refractivity contribution >= 4 is 49.7 Å². The van der Waals surface area contributed by atoms with Crippen molar-refractivity contribution in [1.82, 2.24) is 14.5 Å². The minimum Gasteiger partial charge on any atom is -0.369 e. The number of carbonyl (C=O) groups excluding carboxylic acids is 1. The van der Waals surface area contributed by atoms with Gasteiger partial charge in [-0.3, -0.25) is 10.1 Å². The van der Waals surface area contributed by atoms with Crippen molar-refractivity contribution in [2.75, 3.05) is 36.4 Å². The third-order valence-corrected chi connectivity index (χ3v) is 8.23. The average Bonchev–Trinajstić information content (AvgIpc) is 3.24. The normalized spacial score (nSPS) is 15.1. The summed E-state index contributed by atoms with van der Waals surface area (Å²) in [5.74, 6) is -0.366. The van der Waals surface area contributed by atoms with Crippen LogP contribution in [0, 0.1) is 6.92 Å². The van der Waals surface area contributed by atoms with E-state index in [0.717, 1.165) is 22.6 Å². The van der Waals surface area contributed by atoms with Crippen LogP contribution in [0.3, 0.4) is 0 Å². The first kappa shape index (κ1) is 21.7. The van der Waals surface area contributed by atoms with E-state index in [4.69, 9.17) is 11.6 Å². The largest absolute Gasteiger partial charge is 0.369 e. The van der Waals surface area contributed by atoms with Crippen LogP contribution in [-0.2, 0) is 10.0 Å². The molecule has 1 saturated heterocycles. The van der Waals surface area contributed by atoms with Crippen LogP contribution in [0.4, 0.5) is 10.8 Å². The van der Waals surface area contributed by atoms with E-state index in [9.17, 15) is 13.2 Å². The Morgan fingerprint density at radius 2 is 1.77 bits per heavy atom. The molecule has 11 heteroatoms. The Bertz CT molecular complexity index is 1190. The van der Waals surface area contributed by atoms with Gasteiger partial charge in [-0.25, -0.2) is 8.42 Å². The Hall–Kier alpha value is -2.53. The van der Waals surface area contributed by atoms with E-state index < -0.39 is 10.0 Å². The molecule has 0 spiro atoms. The van der Waals surface area contributed by atoms with Gasteiger partial charge in [0.05, 0.1) is 0 Å². The molecule has 0 atom stereocenters. The molecule has 0 radical (unpaired) electrons. The van der Waals surface area contributed by atoms with Crippen molar-refractivity contribution in [3.63, 3.8) is 0 Å². The van der Waals surface area contributed by atoms with Gasteiger partial charge >= 0.3 is 0 Å². The van der Waals surface area contributed by atoms with Gasteiger partial charge in [-0.2, -0.15) is 4.31 Å². The van der Waals surface area contributed by atoms with Gasteiger partial charge in [-0.05, 0) is 37.3 Å². The molecule has 1 aliphatic rings. The van der Waals surface area contributed by atoms with Crippen LogP contribution in [-0.4, -0.2) is 55.0 Å². The Kier molecular flexibility index (Phi) is 6.24. The van der Waals surface area contributed by atoms with Crippen LogP contribution < -0.4 is 10.2 Å². The molecule has 1 aliphatic heterocycles. The lowest BCUT2D eigenvalue weighted by Crippen LogP contribution is -2.48. The number of nitrogens with zero attached hydrogens (tertiary/aromatic N) is 4. The zero-order chi connectivity index (χ0) is 22.0. The van der Waals surface area contributed by atoms with Gasteiger partial charge in [0, 0.05) is 42.5 Å². The topological polar surface area (TPSA) is 95.5 Å². The van der Waals surface area contributed by atoms with E-state index in [-0.39, 0.29) is 15.4 Å². The molecule has 1 N–H and O–H groups in total. The van der Waals surface area contributed by atoms with Crippen LogP contribution in [0.5, 0.6) is 0 Å². The second-order valence-corrected chi connectivity index (χ2v) is 10.6. The number of aromatic nitrogens is 2. The molecule has 0 aliphatic carbocycles. The molecule has 0 bridgehead atoms. The highest BCUT2D eigenvalue weighted by Gasteiger charge is 2.32. The summed E-state index contributed by atoms with van der Waals surface area (Å²) < 4.78 is 27.2. The molecule has 0 saturated carbocycles. The number of aryl methyl sites for hydroxylation is 1. The average molecular weight is 478 g/mol. The number of rotatable bonds is 5. The fourth-order valence-electron chi connectivity index (χ4n) is 3.21. The molecule has 0 unspecified atom stereocenters. The molecule has 162 valence electrons. The number of sulfonamides is 1. The third kappa shape index (κ3) is 4.87. The molecule has 31 heavy (non-hydrogen) atoms. The van der Waals surface area contributed by atoms with Crippen molar-refractivity contribution in [2.24, 2.45) is 0 Å². The van der Waals surface area contributed by atoms with E-state index in [0.29, 0.717) is 36.8 Å². The zero-order valence-corrected chi connectivity index (χ0v) is 19.0. The van der Waals surface area contributed by atoms with E-state index >= 15 is 0 Å². The first-order valence-corrected chi connectivity index (χ1v) is 12.2. The maximum atomic E-state index is 13.0. The molecule has 2 heterocycles. The number of amides is 1. The smallest absolute Gasteiger partial charge is 0.272 e. The minimum absolute atomic E-state index is 0.136. The van der Waals surface area contributed by atoms with Gasteiger partial charge in [0.2, 0.25) is 9.47 Å². The number of halogens is 1. The fourth-order valence-corrected chi connectivity index (χ4v) is 5.85. The molecule has 2 aromatic carbocycles. The quantitative estimate of drug-likeness (QED) is 0.567. The van der Waals surface area contributed by atoms with Gasteiger partial charge in [-0.1, -0.05) is 46.7 Å². The molecule has 1 fully saturated rings. The monoisotopic (exact) mass is 477 g/mol. The fraction of sp³-hybridized carbons (Fsp3) is 0.250. The van der Waals surface area contributed by atoms with Crippen molar-refractivity contribution in [3.8, 4) is 0 Å². The van der Waals surface area contributed by atoms with Crippen LogP contribution >= 0.6 is 22.9 Å². The van der Waals surface area contributed by atoms with Gasteiger partial charge < -0.3 is 4.90 Å². The molecule has 1 amide bonds. The van der Waals surface area contributed by atoms with Gasteiger partial charge in [-0.15, -0.1) is 10.2 Å². The lowest BCUT2D eigenvalue weighted by atomic mass is 10.1. The molecule has 3 aromatic rings. The Morgan fingerprint density at radius 1 is 1.06 bits per heavy atom. The van der Waals surface area contributed by atoms with Crippen molar-refractivity contribution < 1.29 is 13.2 Å². The van der Waals surface area contributed by atoms with Crippen molar-refractivity contribution in [2.45, 2.75) is 11.3 Å². The predicted molar refractivity (Wildman–Crippen MR) is 121 cm³/mol. The van der Waals surface area contributed by atoms with Crippen LogP contribution in [0.15, 0.2) is 52.9 Å². The number of hydrogen-bond acceptors (Lipinski definition) is 7. The summed E-state index contributed by atoms with van der Waals surface area (Å²) in [6, 6.07) is 14.5.